The molecule has 1 amide bonds. The lowest BCUT2D eigenvalue weighted by Crippen LogP contribution is -2.55. The van der Waals surface area contributed by atoms with Crippen molar-refractivity contribution in [3.8, 4) is 0 Å². The van der Waals surface area contributed by atoms with Crippen LogP contribution in [0.1, 0.15) is 46.5 Å². The van der Waals surface area contributed by atoms with Gasteiger partial charge in [0.15, 0.2) is 0 Å². The van der Waals surface area contributed by atoms with Gasteiger partial charge in [-0.25, -0.2) is 4.79 Å². The number of aromatic nitrogens is 2. The molecule has 36 heavy (non-hydrogen) atoms. The number of nitrogens with zero attached hydrogens (tertiary/aromatic N) is 5. The zero-order valence-corrected chi connectivity index (χ0v) is 21.0. The fourth-order valence-electron chi connectivity index (χ4n) is 5.74. The number of carbonyl (C=O) groups is 1. The minimum atomic E-state index is -4.45. The second-order valence-electron chi connectivity index (χ2n) is 11.3. The first-order chi connectivity index (χ1) is 16.9. The number of rotatable bonds is 3. The standard InChI is InChI=1S/C24H34F3N5O4/c1-23(2,3)36-22(34)29-7-4-15(5-8-29)12-32-18(24(25,26)27)6-9-30-20(33)11-19(28-21(30)32)31-13-17-10-16(31)14-35-17/h11,15-18H,4-10,12-14H2,1-3H3/t16?,17-,18-/m0/s1. The van der Waals surface area contributed by atoms with Crippen molar-refractivity contribution in [1.82, 2.24) is 14.5 Å². The summed E-state index contributed by atoms with van der Waals surface area (Å²) in [7, 11) is 0. The van der Waals surface area contributed by atoms with Crippen molar-refractivity contribution >= 4 is 17.9 Å². The maximum atomic E-state index is 14.1. The largest absolute Gasteiger partial charge is 0.444 e. The van der Waals surface area contributed by atoms with Gasteiger partial charge in [-0.1, -0.05) is 0 Å². The van der Waals surface area contributed by atoms with Gasteiger partial charge in [0.1, 0.15) is 17.5 Å². The monoisotopic (exact) mass is 513 g/mol. The number of piperidine rings is 1. The molecule has 4 aliphatic rings. The summed E-state index contributed by atoms with van der Waals surface area (Å²) >= 11 is 0. The quantitative estimate of drug-likeness (QED) is 0.615. The summed E-state index contributed by atoms with van der Waals surface area (Å²) in [6.45, 7) is 7.46. The zero-order chi connectivity index (χ0) is 25.8. The highest BCUT2D eigenvalue weighted by Crippen LogP contribution is 2.37. The summed E-state index contributed by atoms with van der Waals surface area (Å²) < 4.78 is 54.8. The van der Waals surface area contributed by atoms with Crippen LogP contribution in [0.3, 0.4) is 0 Å². The van der Waals surface area contributed by atoms with Crippen LogP contribution in [0.15, 0.2) is 10.9 Å². The number of hydrogen-bond acceptors (Lipinski definition) is 7. The van der Waals surface area contributed by atoms with Gasteiger partial charge in [-0.15, -0.1) is 0 Å². The average molecular weight is 514 g/mol. The maximum absolute atomic E-state index is 14.1. The van der Waals surface area contributed by atoms with Crippen molar-refractivity contribution in [3.05, 3.63) is 16.4 Å². The van der Waals surface area contributed by atoms with Gasteiger partial charge >= 0.3 is 12.3 Å². The molecule has 1 aromatic rings. The minimum absolute atomic E-state index is 0.0195. The van der Waals surface area contributed by atoms with Crippen LogP contribution in [-0.4, -0.2) is 83.3 Å². The number of anilines is 2. The van der Waals surface area contributed by atoms with Crippen LogP contribution >= 0.6 is 0 Å². The van der Waals surface area contributed by atoms with Crippen LogP contribution in [0.25, 0.3) is 0 Å². The van der Waals surface area contributed by atoms with Crippen molar-refractivity contribution in [2.75, 3.05) is 42.6 Å². The molecule has 4 aliphatic heterocycles. The Kier molecular flexibility index (Phi) is 6.37. The highest BCUT2D eigenvalue weighted by molar-refractivity contribution is 5.68. The molecule has 0 aromatic carbocycles. The molecule has 3 atom stereocenters. The summed E-state index contributed by atoms with van der Waals surface area (Å²) in [6.07, 6.45) is -3.03. The van der Waals surface area contributed by atoms with Gasteiger partial charge in [-0.05, 0) is 52.4 Å². The first-order valence-corrected chi connectivity index (χ1v) is 12.7. The fourth-order valence-corrected chi connectivity index (χ4v) is 5.74. The Hall–Kier alpha value is -2.50. The summed E-state index contributed by atoms with van der Waals surface area (Å²) in [5, 5.41) is 0. The summed E-state index contributed by atoms with van der Waals surface area (Å²) in [6, 6.07) is -0.171. The molecule has 0 N–H and O–H groups in total. The normalized spacial score (nSPS) is 26.9. The molecule has 0 aliphatic carbocycles. The topological polar surface area (TPSA) is 80.1 Å². The predicted octanol–water partition coefficient (Wildman–Crippen LogP) is 3.01. The van der Waals surface area contributed by atoms with E-state index in [0.717, 1.165) is 6.42 Å². The Bertz CT molecular complexity index is 1050. The lowest BCUT2D eigenvalue weighted by molar-refractivity contribution is -0.153. The molecule has 9 nitrogen and oxygen atoms in total. The van der Waals surface area contributed by atoms with E-state index in [2.05, 4.69) is 4.98 Å². The van der Waals surface area contributed by atoms with Crippen LogP contribution in [0.2, 0.25) is 0 Å². The second-order valence-corrected chi connectivity index (χ2v) is 11.3. The molecule has 2 bridgehead atoms. The molecule has 0 saturated carbocycles. The maximum Gasteiger partial charge on any atom is 0.410 e. The lowest BCUT2D eigenvalue weighted by atomic mass is 9.95. The third kappa shape index (κ3) is 5.01. The van der Waals surface area contributed by atoms with E-state index in [-0.39, 0.29) is 49.1 Å². The third-order valence-electron chi connectivity index (χ3n) is 7.53. The van der Waals surface area contributed by atoms with E-state index >= 15 is 0 Å². The predicted molar refractivity (Wildman–Crippen MR) is 126 cm³/mol. The van der Waals surface area contributed by atoms with Crippen LogP contribution in [0.4, 0.5) is 29.7 Å². The summed E-state index contributed by atoms with van der Waals surface area (Å²) in [5.41, 5.74) is -0.938. The Labute approximate surface area is 208 Å². The molecule has 5 heterocycles. The Morgan fingerprint density at radius 1 is 1.17 bits per heavy atom. The van der Waals surface area contributed by atoms with E-state index in [1.165, 1.54) is 15.5 Å². The zero-order valence-electron chi connectivity index (χ0n) is 21.0. The summed E-state index contributed by atoms with van der Waals surface area (Å²) in [4.78, 5) is 34.9. The number of carbonyl (C=O) groups excluding carboxylic acids is 1. The first kappa shape index (κ1) is 25.2. The van der Waals surface area contributed by atoms with Gasteiger partial charge in [0.25, 0.3) is 5.56 Å². The Morgan fingerprint density at radius 3 is 2.47 bits per heavy atom. The molecule has 12 heteroatoms. The van der Waals surface area contributed by atoms with Crippen molar-refractivity contribution < 1.29 is 27.4 Å². The van der Waals surface area contributed by atoms with Crippen molar-refractivity contribution in [1.29, 1.82) is 0 Å². The molecule has 1 unspecified atom stereocenters. The van der Waals surface area contributed by atoms with Gasteiger partial charge in [-0.2, -0.15) is 18.2 Å². The number of likely N-dealkylation sites (tertiary alicyclic amines) is 1. The molecule has 1 aromatic heterocycles. The van der Waals surface area contributed by atoms with E-state index in [1.54, 1.807) is 25.7 Å². The van der Waals surface area contributed by atoms with Crippen molar-refractivity contribution in [2.45, 2.75) is 83.0 Å². The number of fused-ring (bicyclic) bond motifs is 3. The highest BCUT2D eigenvalue weighted by Gasteiger charge is 2.48. The highest BCUT2D eigenvalue weighted by atomic mass is 19.4. The summed E-state index contributed by atoms with van der Waals surface area (Å²) in [5.74, 6) is 0.441. The average Bonchev–Trinajstić information content (AvgIpc) is 3.42. The third-order valence-corrected chi connectivity index (χ3v) is 7.53. The van der Waals surface area contributed by atoms with E-state index in [9.17, 15) is 22.8 Å². The molecular formula is C24H34F3N5O4. The molecule has 0 radical (unpaired) electrons. The molecule has 200 valence electrons. The van der Waals surface area contributed by atoms with Crippen LogP contribution < -0.4 is 15.4 Å². The number of morpholine rings is 1. The van der Waals surface area contributed by atoms with Gasteiger partial charge in [0, 0.05) is 38.8 Å². The fraction of sp³-hybridized carbons (Fsp3) is 0.792. The number of alkyl halides is 3. The minimum Gasteiger partial charge on any atom is -0.444 e. The van der Waals surface area contributed by atoms with Crippen LogP contribution in [0, 0.1) is 5.92 Å². The first-order valence-electron chi connectivity index (χ1n) is 12.7. The Morgan fingerprint density at radius 2 is 1.89 bits per heavy atom. The molecule has 3 saturated heterocycles. The van der Waals surface area contributed by atoms with Gasteiger partial charge in [-0.3, -0.25) is 9.36 Å². The lowest BCUT2D eigenvalue weighted by Gasteiger charge is -2.42. The van der Waals surface area contributed by atoms with E-state index in [1.807, 2.05) is 4.90 Å². The van der Waals surface area contributed by atoms with Gasteiger partial charge < -0.3 is 24.2 Å². The van der Waals surface area contributed by atoms with E-state index in [0.29, 0.717) is 44.9 Å². The second kappa shape index (κ2) is 9.11. The smallest absolute Gasteiger partial charge is 0.410 e. The van der Waals surface area contributed by atoms with Crippen LogP contribution in [-0.2, 0) is 16.0 Å². The van der Waals surface area contributed by atoms with Crippen molar-refractivity contribution in [2.24, 2.45) is 5.92 Å². The molecule has 3 fully saturated rings. The SMILES string of the molecule is CC(C)(C)OC(=O)N1CCC(CN2c3nc(N4C[C@@H]5CC4CO5)cc(=O)n3CC[C@H]2C(F)(F)F)CC1. The number of halogens is 3. The van der Waals surface area contributed by atoms with Crippen LogP contribution in [0.5, 0.6) is 0 Å². The molecule has 0 spiro atoms. The molecular weight excluding hydrogens is 479 g/mol. The van der Waals surface area contributed by atoms with E-state index < -0.39 is 23.9 Å². The van der Waals surface area contributed by atoms with Crippen molar-refractivity contribution in [3.63, 3.8) is 0 Å². The van der Waals surface area contributed by atoms with Gasteiger partial charge in [0.05, 0.1) is 18.8 Å². The van der Waals surface area contributed by atoms with E-state index in [4.69, 9.17) is 9.47 Å². The molecule has 5 rings (SSSR count). The number of hydrogen-bond donors (Lipinski definition) is 0. The van der Waals surface area contributed by atoms with Gasteiger partial charge in [0.2, 0.25) is 5.95 Å². The number of ether oxygens (including phenoxy) is 2. The Balaban J connectivity index is 1.36. The number of amides is 1.